The van der Waals surface area contributed by atoms with Crippen LogP contribution in [0.15, 0.2) is 42.5 Å². The Morgan fingerprint density at radius 1 is 0.870 bits per heavy atom. The van der Waals surface area contributed by atoms with Gasteiger partial charge in [-0.05, 0) is 36.4 Å². The quantitative estimate of drug-likeness (QED) is 0.755. The molecular formula is C17H16Cl2N4. The summed E-state index contributed by atoms with van der Waals surface area (Å²) in [5.41, 5.74) is 3.10. The molecule has 1 saturated heterocycles. The number of H-pyrrole nitrogens is 1. The fourth-order valence-corrected chi connectivity index (χ4v) is 3.32. The number of imidazole rings is 1. The van der Waals surface area contributed by atoms with Crippen molar-refractivity contribution in [2.75, 3.05) is 36.0 Å². The van der Waals surface area contributed by atoms with E-state index in [4.69, 9.17) is 23.2 Å². The largest absolute Gasteiger partial charge is 0.368 e. The molecule has 0 amide bonds. The first-order valence-corrected chi connectivity index (χ1v) is 8.35. The summed E-state index contributed by atoms with van der Waals surface area (Å²) in [5, 5.41) is 1.50. The van der Waals surface area contributed by atoms with Crippen molar-refractivity contribution >= 4 is 45.9 Å². The maximum Gasteiger partial charge on any atom is 0.203 e. The molecule has 0 bridgehead atoms. The van der Waals surface area contributed by atoms with Gasteiger partial charge in [0.2, 0.25) is 5.95 Å². The van der Waals surface area contributed by atoms with E-state index in [1.807, 2.05) is 36.4 Å². The normalized spacial score (nSPS) is 15.4. The summed E-state index contributed by atoms with van der Waals surface area (Å²) in [6.07, 6.45) is 0. The Hall–Kier alpha value is -1.91. The van der Waals surface area contributed by atoms with Crippen molar-refractivity contribution in [1.82, 2.24) is 9.97 Å². The van der Waals surface area contributed by atoms with Gasteiger partial charge in [-0.15, -0.1) is 0 Å². The molecule has 1 aliphatic rings. The van der Waals surface area contributed by atoms with Gasteiger partial charge in [0, 0.05) is 41.9 Å². The number of anilines is 2. The smallest absolute Gasteiger partial charge is 0.203 e. The summed E-state index contributed by atoms with van der Waals surface area (Å²) in [7, 11) is 0. The molecule has 1 N–H and O–H groups in total. The second-order valence-electron chi connectivity index (χ2n) is 5.68. The summed E-state index contributed by atoms with van der Waals surface area (Å²) in [4.78, 5) is 12.6. The third-order valence-electron chi connectivity index (χ3n) is 4.18. The standard InChI is InChI=1S/C17H16Cl2N4/c18-12-2-1-3-14(10-12)22-6-8-23(9-7-22)17-20-15-5-4-13(19)11-16(15)21-17/h1-5,10-11H,6-9H2,(H,20,21). The van der Waals surface area contributed by atoms with Gasteiger partial charge in [-0.1, -0.05) is 29.3 Å². The number of rotatable bonds is 2. The molecular weight excluding hydrogens is 331 g/mol. The van der Waals surface area contributed by atoms with Crippen LogP contribution >= 0.6 is 23.2 Å². The van der Waals surface area contributed by atoms with Crippen LogP contribution in [0, 0.1) is 0 Å². The number of halogens is 2. The van der Waals surface area contributed by atoms with Crippen molar-refractivity contribution in [2.45, 2.75) is 0 Å². The fourth-order valence-electron chi connectivity index (χ4n) is 2.97. The molecule has 2 heterocycles. The topological polar surface area (TPSA) is 35.2 Å². The van der Waals surface area contributed by atoms with E-state index in [0.29, 0.717) is 0 Å². The number of nitrogens with zero attached hydrogens (tertiary/aromatic N) is 3. The van der Waals surface area contributed by atoms with Crippen LogP contribution in [0.25, 0.3) is 11.0 Å². The summed E-state index contributed by atoms with van der Waals surface area (Å²) in [5.74, 6) is 0.910. The highest BCUT2D eigenvalue weighted by molar-refractivity contribution is 6.31. The lowest BCUT2D eigenvalue weighted by Gasteiger charge is -2.36. The lowest BCUT2D eigenvalue weighted by Crippen LogP contribution is -2.46. The number of piperazine rings is 1. The van der Waals surface area contributed by atoms with Gasteiger partial charge in [0.25, 0.3) is 0 Å². The number of aromatic amines is 1. The first kappa shape index (κ1) is 14.7. The highest BCUT2D eigenvalue weighted by atomic mass is 35.5. The van der Waals surface area contributed by atoms with E-state index >= 15 is 0 Å². The molecule has 0 radical (unpaired) electrons. The van der Waals surface area contributed by atoms with Gasteiger partial charge >= 0.3 is 0 Å². The Balaban J connectivity index is 1.50. The van der Waals surface area contributed by atoms with E-state index in [1.165, 1.54) is 5.69 Å². The van der Waals surface area contributed by atoms with Crippen molar-refractivity contribution in [3.05, 3.63) is 52.5 Å². The number of hydrogen-bond acceptors (Lipinski definition) is 3. The minimum Gasteiger partial charge on any atom is -0.368 e. The van der Waals surface area contributed by atoms with Crippen LogP contribution in [-0.4, -0.2) is 36.1 Å². The van der Waals surface area contributed by atoms with Crippen LogP contribution in [0.5, 0.6) is 0 Å². The first-order valence-electron chi connectivity index (χ1n) is 7.60. The third kappa shape index (κ3) is 2.96. The van der Waals surface area contributed by atoms with Gasteiger partial charge in [-0.25, -0.2) is 4.98 Å². The van der Waals surface area contributed by atoms with Gasteiger partial charge in [0.05, 0.1) is 11.0 Å². The average Bonchev–Trinajstić information content (AvgIpc) is 2.98. The highest BCUT2D eigenvalue weighted by Crippen LogP contribution is 2.24. The second kappa shape index (κ2) is 5.95. The second-order valence-corrected chi connectivity index (χ2v) is 6.55. The predicted octanol–water partition coefficient (Wildman–Crippen LogP) is 4.20. The summed E-state index contributed by atoms with van der Waals surface area (Å²) < 4.78 is 0. The molecule has 4 nitrogen and oxygen atoms in total. The summed E-state index contributed by atoms with van der Waals surface area (Å²) >= 11 is 12.1. The van der Waals surface area contributed by atoms with Crippen molar-refractivity contribution in [3.8, 4) is 0 Å². The van der Waals surface area contributed by atoms with E-state index in [-0.39, 0.29) is 0 Å². The minimum absolute atomic E-state index is 0.721. The third-order valence-corrected chi connectivity index (χ3v) is 4.65. The molecule has 118 valence electrons. The number of aromatic nitrogens is 2. The average molecular weight is 347 g/mol. The van der Waals surface area contributed by atoms with Crippen LogP contribution in [0.4, 0.5) is 11.6 Å². The Morgan fingerprint density at radius 3 is 2.39 bits per heavy atom. The molecule has 0 aliphatic carbocycles. The Kier molecular flexibility index (Phi) is 3.79. The molecule has 6 heteroatoms. The Labute approximate surface area is 144 Å². The monoisotopic (exact) mass is 346 g/mol. The number of benzene rings is 2. The van der Waals surface area contributed by atoms with Crippen LogP contribution in [-0.2, 0) is 0 Å². The molecule has 0 atom stereocenters. The molecule has 23 heavy (non-hydrogen) atoms. The Morgan fingerprint density at radius 2 is 1.61 bits per heavy atom. The molecule has 0 spiro atoms. The van der Waals surface area contributed by atoms with Crippen molar-refractivity contribution in [3.63, 3.8) is 0 Å². The SMILES string of the molecule is Clc1cccc(N2CCN(c3nc4ccc(Cl)cc4[nH]3)CC2)c1. The maximum absolute atomic E-state index is 6.08. The van der Waals surface area contributed by atoms with Crippen molar-refractivity contribution in [1.29, 1.82) is 0 Å². The van der Waals surface area contributed by atoms with Crippen molar-refractivity contribution < 1.29 is 0 Å². The molecule has 0 unspecified atom stereocenters. The molecule has 0 saturated carbocycles. The zero-order valence-corrected chi connectivity index (χ0v) is 14.0. The van der Waals surface area contributed by atoms with Crippen molar-refractivity contribution in [2.24, 2.45) is 0 Å². The number of hydrogen-bond donors (Lipinski definition) is 1. The van der Waals surface area contributed by atoms with Crippen LogP contribution in [0.1, 0.15) is 0 Å². The van der Waals surface area contributed by atoms with E-state index in [9.17, 15) is 0 Å². The Bertz CT molecular complexity index is 837. The molecule has 3 aromatic rings. The predicted molar refractivity (Wildman–Crippen MR) is 97.0 cm³/mol. The lowest BCUT2D eigenvalue weighted by atomic mass is 10.2. The zero-order valence-electron chi connectivity index (χ0n) is 12.5. The van der Waals surface area contributed by atoms with E-state index < -0.39 is 0 Å². The van der Waals surface area contributed by atoms with Gasteiger partial charge < -0.3 is 14.8 Å². The first-order chi connectivity index (χ1) is 11.2. The molecule has 1 aliphatic heterocycles. The fraction of sp³-hybridized carbons (Fsp3) is 0.235. The highest BCUT2D eigenvalue weighted by Gasteiger charge is 2.20. The lowest BCUT2D eigenvalue weighted by molar-refractivity contribution is 0.643. The van der Waals surface area contributed by atoms with E-state index in [1.54, 1.807) is 0 Å². The van der Waals surface area contributed by atoms with E-state index in [2.05, 4.69) is 25.8 Å². The van der Waals surface area contributed by atoms with Gasteiger partial charge in [0.1, 0.15) is 0 Å². The van der Waals surface area contributed by atoms with Crippen LogP contribution < -0.4 is 9.80 Å². The number of fused-ring (bicyclic) bond motifs is 1. The van der Waals surface area contributed by atoms with Crippen LogP contribution in [0.3, 0.4) is 0 Å². The van der Waals surface area contributed by atoms with Crippen LogP contribution in [0.2, 0.25) is 10.0 Å². The molecule has 1 fully saturated rings. The zero-order chi connectivity index (χ0) is 15.8. The van der Waals surface area contributed by atoms with Gasteiger partial charge in [0.15, 0.2) is 0 Å². The molecule has 1 aromatic heterocycles. The maximum atomic E-state index is 6.08. The number of nitrogens with one attached hydrogen (secondary N) is 1. The van der Waals surface area contributed by atoms with Gasteiger partial charge in [-0.2, -0.15) is 0 Å². The minimum atomic E-state index is 0.721. The van der Waals surface area contributed by atoms with Gasteiger partial charge in [-0.3, -0.25) is 0 Å². The molecule has 4 rings (SSSR count). The summed E-state index contributed by atoms with van der Waals surface area (Å²) in [6, 6.07) is 13.7. The molecule has 2 aromatic carbocycles. The summed E-state index contributed by atoms with van der Waals surface area (Å²) in [6.45, 7) is 3.72. The van der Waals surface area contributed by atoms with E-state index in [0.717, 1.165) is 53.2 Å².